The van der Waals surface area contributed by atoms with Gasteiger partial charge in [0.25, 0.3) is 0 Å². The lowest BCUT2D eigenvalue weighted by Gasteiger charge is -2.26. The maximum Gasteiger partial charge on any atom is 0.225 e. The summed E-state index contributed by atoms with van der Waals surface area (Å²) in [5.74, 6) is 0.938. The molecule has 7 heteroatoms. The lowest BCUT2D eigenvalue weighted by Crippen LogP contribution is -2.40. The Morgan fingerprint density at radius 2 is 1.97 bits per heavy atom. The maximum absolute atomic E-state index is 12.1. The molecular formula is C24H28N6O. The number of hydrogen-bond donors (Lipinski definition) is 3. The van der Waals surface area contributed by atoms with E-state index in [0.29, 0.717) is 19.5 Å². The van der Waals surface area contributed by atoms with Crippen LogP contribution in [0, 0.1) is 0 Å². The van der Waals surface area contributed by atoms with Gasteiger partial charge in [0.15, 0.2) is 5.96 Å². The molecule has 2 aromatic carbocycles. The van der Waals surface area contributed by atoms with Gasteiger partial charge in [-0.3, -0.25) is 4.79 Å². The second-order valence-corrected chi connectivity index (χ2v) is 7.66. The molecule has 0 fully saturated rings. The highest BCUT2D eigenvalue weighted by Gasteiger charge is 2.24. The summed E-state index contributed by atoms with van der Waals surface area (Å²) >= 11 is 0. The van der Waals surface area contributed by atoms with Crippen LogP contribution in [0.4, 0.5) is 5.69 Å². The lowest BCUT2D eigenvalue weighted by atomic mass is 9.90. The van der Waals surface area contributed by atoms with Crippen molar-refractivity contribution in [2.24, 2.45) is 4.99 Å². The number of rotatable bonds is 7. The number of imidazole rings is 1. The fourth-order valence-corrected chi connectivity index (χ4v) is 3.76. The molecule has 4 rings (SSSR count). The van der Waals surface area contributed by atoms with Crippen molar-refractivity contribution in [3.05, 3.63) is 83.9 Å². The number of nitrogens with one attached hydrogen (secondary N) is 3. The number of fused-ring (bicyclic) bond motifs is 1. The van der Waals surface area contributed by atoms with Crippen molar-refractivity contribution >= 4 is 17.6 Å². The van der Waals surface area contributed by atoms with Gasteiger partial charge in [-0.1, -0.05) is 42.5 Å². The first-order valence-electron chi connectivity index (χ1n) is 10.7. The van der Waals surface area contributed by atoms with Crippen LogP contribution < -0.4 is 16.0 Å². The van der Waals surface area contributed by atoms with E-state index in [-0.39, 0.29) is 11.8 Å². The third-order valence-electron chi connectivity index (χ3n) is 5.33. The van der Waals surface area contributed by atoms with Crippen LogP contribution in [-0.2, 0) is 17.9 Å². The summed E-state index contributed by atoms with van der Waals surface area (Å²) in [6.45, 7) is 4.87. The van der Waals surface area contributed by atoms with Crippen LogP contribution in [-0.4, -0.2) is 34.5 Å². The standard InChI is InChI=1S/C24H28N6O/c1-2-26-24(28-15-20-13-23(31)29-22-6-4-3-5-21(20)22)27-14-18-7-9-19(10-8-18)16-30-12-11-25-17-30/h3-12,17,20H,2,13-16H2,1H3,(H,29,31)(H2,26,27,28). The fraction of sp³-hybridized carbons (Fsp3) is 0.292. The molecule has 3 N–H and O–H groups in total. The van der Waals surface area contributed by atoms with E-state index in [1.54, 1.807) is 6.20 Å². The molecule has 0 saturated heterocycles. The highest BCUT2D eigenvalue weighted by atomic mass is 16.1. The zero-order valence-electron chi connectivity index (χ0n) is 17.7. The van der Waals surface area contributed by atoms with Crippen LogP contribution >= 0.6 is 0 Å². The van der Waals surface area contributed by atoms with Crippen molar-refractivity contribution in [2.45, 2.75) is 32.4 Å². The number of carbonyl (C=O) groups is 1. The van der Waals surface area contributed by atoms with E-state index in [4.69, 9.17) is 4.99 Å². The van der Waals surface area contributed by atoms with Gasteiger partial charge in [0.2, 0.25) is 5.91 Å². The molecule has 1 amide bonds. The molecule has 1 atom stereocenters. The quantitative estimate of drug-likeness (QED) is 0.408. The molecule has 3 aromatic rings. The van der Waals surface area contributed by atoms with Gasteiger partial charge in [-0.05, 0) is 29.7 Å². The summed E-state index contributed by atoms with van der Waals surface area (Å²) in [7, 11) is 0. The molecule has 0 aliphatic carbocycles. The summed E-state index contributed by atoms with van der Waals surface area (Å²) < 4.78 is 2.05. The maximum atomic E-state index is 12.1. The first kappa shape index (κ1) is 20.7. The summed E-state index contributed by atoms with van der Waals surface area (Å²) in [4.78, 5) is 20.9. The average Bonchev–Trinajstić information content (AvgIpc) is 3.29. The largest absolute Gasteiger partial charge is 0.357 e. The molecule has 1 aliphatic rings. The number of amides is 1. The summed E-state index contributed by atoms with van der Waals surface area (Å²) in [6.07, 6.45) is 6.04. The van der Waals surface area contributed by atoms with Crippen molar-refractivity contribution < 1.29 is 4.79 Å². The summed E-state index contributed by atoms with van der Waals surface area (Å²) in [6, 6.07) is 16.5. The van der Waals surface area contributed by atoms with Gasteiger partial charge in [-0.15, -0.1) is 0 Å². The van der Waals surface area contributed by atoms with Gasteiger partial charge in [0.1, 0.15) is 0 Å². The summed E-state index contributed by atoms with van der Waals surface area (Å²) in [5, 5.41) is 9.66. The smallest absolute Gasteiger partial charge is 0.225 e. The lowest BCUT2D eigenvalue weighted by molar-refractivity contribution is -0.116. The van der Waals surface area contributed by atoms with Crippen LogP contribution in [0.25, 0.3) is 0 Å². The van der Waals surface area contributed by atoms with E-state index in [2.05, 4.69) is 51.3 Å². The Morgan fingerprint density at radius 1 is 1.16 bits per heavy atom. The minimum atomic E-state index is 0.0585. The fourth-order valence-electron chi connectivity index (χ4n) is 3.76. The van der Waals surface area contributed by atoms with Crippen molar-refractivity contribution in [1.82, 2.24) is 20.2 Å². The van der Waals surface area contributed by atoms with Crippen LogP contribution in [0.1, 0.15) is 36.0 Å². The number of guanidine groups is 1. The molecule has 31 heavy (non-hydrogen) atoms. The number of aromatic nitrogens is 2. The first-order chi connectivity index (χ1) is 15.2. The van der Waals surface area contributed by atoms with Gasteiger partial charge in [-0.2, -0.15) is 0 Å². The normalized spacial score (nSPS) is 15.8. The second-order valence-electron chi connectivity index (χ2n) is 7.66. The number of anilines is 1. The van der Waals surface area contributed by atoms with Gasteiger partial charge in [-0.25, -0.2) is 9.98 Å². The van der Waals surface area contributed by atoms with Gasteiger partial charge in [0.05, 0.1) is 12.9 Å². The molecule has 160 valence electrons. The van der Waals surface area contributed by atoms with Gasteiger partial charge < -0.3 is 20.5 Å². The van der Waals surface area contributed by atoms with E-state index in [9.17, 15) is 4.79 Å². The summed E-state index contributed by atoms with van der Waals surface area (Å²) in [5.41, 5.74) is 4.45. The number of aliphatic imine (C=N–C) groups is 1. The zero-order valence-corrected chi connectivity index (χ0v) is 17.7. The Labute approximate surface area is 182 Å². The SMILES string of the molecule is CCNC(=NCc1ccc(Cn2ccnc2)cc1)NCC1CC(=O)Nc2ccccc21. The monoisotopic (exact) mass is 416 g/mol. The highest BCUT2D eigenvalue weighted by molar-refractivity contribution is 5.94. The van der Waals surface area contributed by atoms with E-state index in [1.165, 1.54) is 11.1 Å². The number of hydrogen-bond acceptors (Lipinski definition) is 3. The Balaban J connectivity index is 1.37. The predicted octanol–water partition coefficient (Wildman–Crippen LogP) is 3.11. The molecule has 1 unspecified atom stereocenters. The van der Waals surface area contributed by atoms with Crippen LogP contribution in [0.2, 0.25) is 0 Å². The van der Waals surface area contributed by atoms with Gasteiger partial charge in [0, 0.05) is 50.1 Å². The molecular weight excluding hydrogens is 388 g/mol. The number of benzene rings is 2. The molecule has 0 saturated carbocycles. The topological polar surface area (TPSA) is 83.3 Å². The molecule has 7 nitrogen and oxygen atoms in total. The van der Waals surface area contributed by atoms with Crippen molar-refractivity contribution in [3.8, 4) is 0 Å². The molecule has 0 spiro atoms. The van der Waals surface area contributed by atoms with E-state index < -0.39 is 0 Å². The van der Waals surface area contributed by atoms with Crippen LogP contribution in [0.5, 0.6) is 0 Å². The molecule has 1 aromatic heterocycles. The molecule has 2 heterocycles. The predicted molar refractivity (Wildman–Crippen MR) is 123 cm³/mol. The van der Waals surface area contributed by atoms with E-state index in [1.807, 2.05) is 42.2 Å². The third-order valence-corrected chi connectivity index (χ3v) is 5.33. The van der Waals surface area contributed by atoms with E-state index in [0.717, 1.165) is 30.3 Å². The Hall–Kier alpha value is -3.61. The second kappa shape index (κ2) is 9.93. The number of carbonyl (C=O) groups excluding carboxylic acids is 1. The minimum Gasteiger partial charge on any atom is -0.357 e. The molecule has 1 aliphatic heterocycles. The number of nitrogens with zero attached hydrogens (tertiary/aromatic N) is 3. The molecule has 0 bridgehead atoms. The molecule has 0 radical (unpaired) electrons. The van der Waals surface area contributed by atoms with E-state index >= 15 is 0 Å². The Bertz CT molecular complexity index is 1030. The van der Waals surface area contributed by atoms with Crippen molar-refractivity contribution in [1.29, 1.82) is 0 Å². The van der Waals surface area contributed by atoms with Gasteiger partial charge >= 0.3 is 0 Å². The zero-order chi connectivity index (χ0) is 21.5. The van der Waals surface area contributed by atoms with Crippen molar-refractivity contribution in [2.75, 3.05) is 18.4 Å². The third kappa shape index (κ3) is 5.51. The highest BCUT2D eigenvalue weighted by Crippen LogP contribution is 2.31. The van der Waals surface area contributed by atoms with Crippen LogP contribution in [0.3, 0.4) is 0 Å². The van der Waals surface area contributed by atoms with Crippen LogP contribution in [0.15, 0.2) is 72.2 Å². The first-order valence-corrected chi connectivity index (χ1v) is 10.7. The number of para-hydroxylation sites is 1. The average molecular weight is 417 g/mol. The Kier molecular flexibility index (Phi) is 6.62. The van der Waals surface area contributed by atoms with Crippen molar-refractivity contribution in [3.63, 3.8) is 0 Å². The minimum absolute atomic E-state index is 0.0585. The Morgan fingerprint density at radius 3 is 2.74 bits per heavy atom.